The van der Waals surface area contributed by atoms with Gasteiger partial charge < -0.3 is 9.57 Å². The number of carbonyl (C=O) groups excluding carboxylic acids is 2. The standard InChI is InChI=1S/C16H21NO4/c1-16(2,3)20-15(19)17-21-14(18)12-8-7-11-13-9-5-4-6-10-13/h4-7,9-11H,8,12H2,1-3H3,(H,17,19). The molecule has 1 aromatic rings. The highest BCUT2D eigenvalue weighted by Gasteiger charge is 2.17. The van der Waals surface area contributed by atoms with Gasteiger partial charge in [0.2, 0.25) is 0 Å². The molecule has 0 atom stereocenters. The number of rotatable bonds is 4. The number of nitrogens with one attached hydrogen (secondary N) is 1. The molecule has 0 aliphatic heterocycles. The highest BCUT2D eigenvalue weighted by atomic mass is 16.7. The van der Waals surface area contributed by atoms with Crippen molar-refractivity contribution in [1.29, 1.82) is 0 Å². The average molecular weight is 291 g/mol. The first kappa shape index (κ1) is 16.8. The van der Waals surface area contributed by atoms with Crippen molar-refractivity contribution >= 4 is 18.1 Å². The van der Waals surface area contributed by atoms with Crippen molar-refractivity contribution in [3.63, 3.8) is 0 Å². The molecule has 114 valence electrons. The van der Waals surface area contributed by atoms with Crippen LogP contribution in [0.25, 0.3) is 6.08 Å². The van der Waals surface area contributed by atoms with Crippen molar-refractivity contribution in [2.24, 2.45) is 0 Å². The maximum atomic E-state index is 11.4. The lowest BCUT2D eigenvalue weighted by Gasteiger charge is -2.19. The monoisotopic (exact) mass is 291 g/mol. The van der Waals surface area contributed by atoms with Gasteiger partial charge in [-0.2, -0.15) is 0 Å². The van der Waals surface area contributed by atoms with Crippen molar-refractivity contribution in [2.75, 3.05) is 0 Å². The summed E-state index contributed by atoms with van der Waals surface area (Å²) in [6.45, 7) is 5.17. The van der Waals surface area contributed by atoms with Crippen molar-refractivity contribution in [3.05, 3.63) is 42.0 Å². The van der Waals surface area contributed by atoms with Crippen molar-refractivity contribution in [3.8, 4) is 0 Å². The van der Waals surface area contributed by atoms with Crippen LogP contribution in [0.2, 0.25) is 0 Å². The molecule has 0 aliphatic carbocycles. The summed E-state index contributed by atoms with van der Waals surface area (Å²) in [5.41, 5.74) is 2.40. The molecule has 0 spiro atoms. The Kier molecular flexibility index (Phi) is 6.46. The number of hydroxylamine groups is 1. The van der Waals surface area contributed by atoms with E-state index in [1.165, 1.54) is 0 Å². The second-order valence-corrected chi connectivity index (χ2v) is 5.43. The van der Waals surface area contributed by atoms with Crippen LogP contribution in [0.15, 0.2) is 36.4 Å². The molecule has 5 nitrogen and oxygen atoms in total. The molecule has 1 aromatic carbocycles. The van der Waals surface area contributed by atoms with Crippen LogP contribution in [-0.4, -0.2) is 17.7 Å². The summed E-state index contributed by atoms with van der Waals surface area (Å²) in [5.74, 6) is -0.515. The number of hydrogen-bond acceptors (Lipinski definition) is 4. The maximum absolute atomic E-state index is 11.4. The normalized spacial score (nSPS) is 11.2. The van der Waals surface area contributed by atoms with Crippen LogP contribution in [0, 0.1) is 0 Å². The lowest BCUT2D eigenvalue weighted by molar-refractivity contribution is -0.150. The fourth-order valence-corrected chi connectivity index (χ4v) is 1.43. The van der Waals surface area contributed by atoms with Crippen LogP contribution >= 0.6 is 0 Å². The molecule has 5 heteroatoms. The minimum absolute atomic E-state index is 0.180. The first-order chi connectivity index (χ1) is 9.87. The lowest BCUT2D eigenvalue weighted by atomic mass is 10.2. The number of hydrogen-bond donors (Lipinski definition) is 1. The minimum Gasteiger partial charge on any atom is -0.442 e. The van der Waals surface area contributed by atoms with E-state index in [0.717, 1.165) is 5.56 Å². The topological polar surface area (TPSA) is 64.6 Å². The van der Waals surface area contributed by atoms with Gasteiger partial charge in [0.25, 0.3) is 0 Å². The molecule has 0 saturated heterocycles. The Morgan fingerprint density at radius 3 is 2.48 bits per heavy atom. The number of allylic oxidation sites excluding steroid dienone is 1. The summed E-state index contributed by atoms with van der Waals surface area (Å²) in [6.07, 6.45) is 3.73. The van der Waals surface area contributed by atoms with E-state index >= 15 is 0 Å². The molecular weight excluding hydrogens is 270 g/mol. The average Bonchev–Trinajstić information content (AvgIpc) is 2.41. The smallest absolute Gasteiger partial charge is 0.441 e. The lowest BCUT2D eigenvalue weighted by Crippen LogP contribution is -2.33. The molecule has 0 heterocycles. The van der Waals surface area contributed by atoms with Gasteiger partial charge in [-0.25, -0.2) is 9.59 Å². The summed E-state index contributed by atoms with van der Waals surface area (Å²) in [6, 6.07) is 9.77. The summed E-state index contributed by atoms with van der Waals surface area (Å²) in [4.78, 5) is 27.3. The molecule has 1 rings (SSSR count). The molecule has 1 amide bonds. The van der Waals surface area contributed by atoms with Gasteiger partial charge in [-0.05, 0) is 32.8 Å². The molecule has 0 radical (unpaired) electrons. The highest BCUT2D eigenvalue weighted by molar-refractivity contribution is 5.73. The Hall–Kier alpha value is -2.30. The van der Waals surface area contributed by atoms with Crippen LogP contribution in [-0.2, 0) is 14.4 Å². The molecule has 0 fully saturated rings. The van der Waals surface area contributed by atoms with Crippen molar-refractivity contribution in [1.82, 2.24) is 5.48 Å². The fraction of sp³-hybridized carbons (Fsp3) is 0.375. The molecule has 21 heavy (non-hydrogen) atoms. The molecule has 0 aliphatic rings. The molecule has 0 unspecified atom stereocenters. The second kappa shape index (κ2) is 8.09. The van der Waals surface area contributed by atoms with Crippen LogP contribution in [0.4, 0.5) is 4.79 Å². The van der Waals surface area contributed by atoms with E-state index in [2.05, 4.69) is 4.84 Å². The van der Waals surface area contributed by atoms with Crippen LogP contribution in [0.5, 0.6) is 0 Å². The molecule has 0 bridgehead atoms. The largest absolute Gasteiger partial charge is 0.442 e. The third-order valence-electron chi connectivity index (χ3n) is 2.27. The third-order valence-corrected chi connectivity index (χ3v) is 2.27. The van der Waals surface area contributed by atoms with Gasteiger partial charge in [0.1, 0.15) is 5.60 Å². The van der Waals surface area contributed by atoms with E-state index in [9.17, 15) is 9.59 Å². The van der Waals surface area contributed by atoms with Gasteiger partial charge in [-0.3, -0.25) is 0 Å². The van der Waals surface area contributed by atoms with E-state index in [1.807, 2.05) is 48.0 Å². The Morgan fingerprint density at radius 1 is 1.19 bits per heavy atom. The van der Waals surface area contributed by atoms with E-state index < -0.39 is 17.7 Å². The van der Waals surface area contributed by atoms with Gasteiger partial charge in [0, 0.05) is 0 Å². The Morgan fingerprint density at radius 2 is 1.86 bits per heavy atom. The van der Waals surface area contributed by atoms with Crippen molar-refractivity contribution < 1.29 is 19.2 Å². The Balaban J connectivity index is 2.20. The van der Waals surface area contributed by atoms with Gasteiger partial charge in [0.05, 0.1) is 6.42 Å². The van der Waals surface area contributed by atoms with Crippen LogP contribution in [0.3, 0.4) is 0 Å². The second-order valence-electron chi connectivity index (χ2n) is 5.43. The van der Waals surface area contributed by atoms with Gasteiger partial charge >= 0.3 is 12.1 Å². The first-order valence-corrected chi connectivity index (χ1v) is 6.77. The number of benzene rings is 1. The van der Waals surface area contributed by atoms with E-state index in [4.69, 9.17) is 4.74 Å². The predicted octanol–water partition coefficient (Wildman–Crippen LogP) is 3.46. The quantitative estimate of drug-likeness (QED) is 0.863. The first-order valence-electron chi connectivity index (χ1n) is 6.77. The van der Waals surface area contributed by atoms with Crippen molar-refractivity contribution in [2.45, 2.75) is 39.2 Å². The zero-order valence-electron chi connectivity index (χ0n) is 12.6. The number of ether oxygens (including phenoxy) is 1. The number of carbonyl (C=O) groups is 2. The predicted molar refractivity (Wildman–Crippen MR) is 80.2 cm³/mol. The van der Waals surface area contributed by atoms with Gasteiger partial charge in [-0.15, -0.1) is 5.48 Å². The third kappa shape index (κ3) is 8.47. The molecule has 1 N–H and O–H groups in total. The SMILES string of the molecule is CC(C)(C)OC(=O)NOC(=O)CCC=Cc1ccccc1. The molecule has 0 aromatic heterocycles. The highest BCUT2D eigenvalue weighted by Crippen LogP contribution is 2.06. The zero-order valence-corrected chi connectivity index (χ0v) is 12.6. The van der Waals surface area contributed by atoms with E-state index in [-0.39, 0.29) is 6.42 Å². The van der Waals surface area contributed by atoms with Crippen LogP contribution < -0.4 is 5.48 Å². The Labute approximate surface area is 124 Å². The fourth-order valence-electron chi connectivity index (χ4n) is 1.43. The molecule has 0 saturated carbocycles. The summed E-state index contributed by atoms with van der Waals surface area (Å²) in [5, 5.41) is 0. The zero-order chi connectivity index (χ0) is 15.7. The number of amides is 1. The van der Waals surface area contributed by atoms with Crippen LogP contribution in [0.1, 0.15) is 39.2 Å². The Bertz CT molecular complexity index is 489. The summed E-state index contributed by atoms with van der Waals surface area (Å²) < 4.78 is 4.93. The van der Waals surface area contributed by atoms with Gasteiger partial charge in [0.15, 0.2) is 0 Å². The van der Waals surface area contributed by atoms with E-state index in [1.54, 1.807) is 20.8 Å². The summed E-state index contributed by atoms with van der Waals surface area (Å²) >= 11 is 0. The molecular formula is C16H21NO4. The van der Waals surface area contributed by atoms with E-state index in [0.29, 0.717) is 6.42 Å². The maximum Gasteiger partial charge on any atom is 0.441 e. The van der Waals surface area contributed by atoms with Gasteiger partial charge in [-0.1, -0.05) is 42.5 Å². The summed E-state index contributed by atoms with van der Waals surface area (Å²) in [7, 11) is 0. The minimum atomic E-state index is -0.782.